The van der Waals surface area contributed by atoms with Crippen LogP contribution in [-0.2, 0) is 28.5 Å². The van der Waals surface area contributed by atoms with Gasteiger partial charge in [0.2, 0.25) is 12.2 Å². The molecule has 158 valence electrons. The lowest BCUT2D eigenvalue weighted by molar-refractivity contribution is -0.170. The van der Waals surface area contributed by atoms with Crippen LogP contribution in [0.4, 0.5) is 0 Å². The molecule has 0 heterocycles. The Hall–Kier alpha value is -4.08. The van der Waals surface area contributed by atoms with Gasteiger partial charge in [0, 0.05) is 0 Å². The third-order valence-electron chi connectivity index (χ3n) is 3.82. The lowest BCUT2D eigenvalue weighted by Gasteiger charge is -2.23. The number of carbonyl (C=O) groups is 4. The monoisotopic (exact) mass is 418 g/mol. The average molecular weight is 418 g/mol. The highest BCUT2D eigenvalue weighted by Gasteiger charge is 2.42. The van der Waals surface area contributed by atoms with Gasteiger partial charge in [0.05, 0.1) is 25.3 Å². The Morgan fingerprint density at radius 3 is 1.20 bits per heavy atom. The highest BCUT2D eigenvalue weighted by Crippen LogP contribution is 2.17. The Kier molecular flexibility index (Phi) is 7.34. The number of benzene rings is 2. The van der Waals surface area contributed by atoms with Gasteiger partial charge in [0.1, 0.15) is 11.5 Å². The molecular formula is C20H18O10. The highest BCUT2D eigenvalue weighted by atomic mass is 16.6. The van der Waals surface area contributed by atoms with Gasteiger partial charge < -0.3 is 29.2 Å². The van der Waals surface area contributed by atoms with Crippen LogP contribution in [0.25, 0.3) is 0 Å². The quantitative estimate of drug-likeness (QED) is 0.497. The fourth-order valence-electron chi connectivity index (χ4n) is 2.26. The molecule has 0 aliphatic heterocycles. The Bertz CT molecular complexity index is 840. The fraction of sp³-hybridized carbons (Fsp3) is 0.200. The third-order valence-corrected chi connectivity index (χ3v) is 3.82. The minimum Gasteiger partial charge on any atom is -0.508 e. The minimum absolute atomic E-state index is 0.0461. The topological polar surface area (TPSA) is 146 Å². The van der Waals surface area contributed by atoms with E-state index in [2.05, 4.69) is 9.47 Å². The summed E-state index contributed by atoms with van der Waals surface area (Å²) in [6.07, 6.45) is -3.94. The predicted molar refractivity (Wildman–Crippen MR) is 98.7 cm³/mol. The zero-order valence-electron chi connectivity index (χ0n) is 15.9. The Labute approximate surface area is 170 Å². The number of ether oxygens (including phenoxy) is 4. The number of esters is 4. The van der Waals surface area contributed by atoms with Crippen LogP contribution in [0.1, 0.15) is 20.7 Å². The summed E-state index contributed by atoms with van der Waals surface area (Å²) in [7, 11) is 1.97. The van der Waals surface area contributed by atoms with Gasteiger partial charge in [-0.1, -0.05) is 0 Å². The molecule has 0 saturated heterocycles. The van der Waals surface area contributed by atoms with Crippen molar-refractivity contribution in [2.45, 2.75) is 12.2 Å². The molecule has 10 nitrogen and oxygen atoms in total. The molecule has 0 aromatic heterocycles. The largest absolute Gasteiger partial charge is 0.508 e. The molecule has 0 saturated carbocycles. The van der Waals surface area contributed by atoms with Crippen LogP contribution in [-0.4, -0.2) is 60.5 Å². The summed E-state index contributed by atoms with van der Waals surface area (Å²) >= 11 is 0. The van der Waals surface area contributed by atoms with Crippen molar-refractivity contribution < 1.29 is 48.3 Å². The molecule has 30 heavy (non-hydrogen) atoms. The van der Waals surface area contributed by atoms with Crippen molar-refractivity contribution in [3.8, 4) is 11.5 Å². The molecule has 0 radical (unpaired) electrons. The van der Waals surface area contributed by atoms with Crippen LogP contribution in [0.15, 0.2) is 48.5 Å². The maximum atomic E-state index is 12.4. The Morgan fingerprint density at radius 1 is 0.633 bits per heavy atom. The maximum absolute atomic E-state index is 12.4. The summed E-state index contributed by atoms with van der Waals surface area (Å²) in [5.41, 5.74) is -0.0923. The molecule has 2 N–H and O–H groups in total. The van der Waals surface area contributed by atoms with Crippen LogP contribution in [0.2, 0.25) is 0 Å². The van der Waals surface area contributed by atoms with Crippen LogP contribution in [0, 0.1) is 0 Å². The van der Waals surface area contributed by atoms with Crippen molar-refractivity contribution in [2.24, 2.45) is 0 Å². The van der Waals surface area contributed by atoms with Gasteiger partial charge in [0.25, 0.3) is 0 Å². The summed E-state index contributed by atoms with van der Waals surface area (Å²) in [4.78, 5) is 49.1. The summed E-state index contributed by atoms with van der Waals surface area (Å²) in [5, 5.41) is 18.6. The van der Waals surface area contributed by atoms with Crippen molar-refractivity contribution in [3.05, 3.63) is 59.7 Å². The number of aromatic hydroxyl groups is 2. The second-order valence-electron chi connectivity index (χ2n) is 5.79. The number of rotatable bonds is 7. The molecule has 0 bridgehead atoms. The lowest BCUT2D eigenvalue weighted by atomic mass is 10.1. The number of phenolic OH excluding ortho intramolecular Hbond substituents is 2. The SMILES string of the molecule is COC(=O)[C@@H](OC(=O)c1ccc(O)cc1)[C@H](OC(=O)c1ccc(O)cc1)C(=O)OC. The number of hydrogen-bond donors (Lipinski definition) is 2. The molecular weight excluding hydrogens is 400 g/mol. The van der Waals surface area contributed by atoms with Crippen molar-refractivity contribution in [3.63, 3.8) is 0 Å². The van der Waals surface area contributed by atoms with Gasteiger partial charge in [-0.05, 0) is 48.5 Å². The fourth-order valence-corrected chi connectivity index (χ4v) is 2.26. The van der Waals surface area contributed by atoms with Crippen LogP contribution >= 0.6 is 0 Å². The van der Waals surface area contributed by atoms with E-state index in [1.165, 1.54) is 48.5 Å². The molecule has 0 aliphatic rings. The Morgan fingerprint density at radius 2 is 0.933 bits per heavy atom. The van der Waals surface area contributed by atoms with Gasteiger partial charge in [-0.25, -0.2) is 19.2 Å². The summed E-state index contributed by atoms with van der Waals surface area (Å²) in [6.45, 7) is 0. The van der Waals surface area contributed by atoms with Crippen LogP contribution in [0.3, 0.4) is 0 Å². The third kappa shape index (κ3) is 5.47. The normalized spacial score (nSPS) is 12.2. The number of methoxy groups -OCH3 is 2. The number of phenols is 2. The first-order valence-electron chi connectivity index (χ1n) is 8.42. The minimum atomic E-state index is -1.97. The van der Waals surface area contributed by atoms with Crippen molar-refractivity contribution >= 4 is 23.9 Å². The smallest absolute Gasteiger partial charge is 0.351 e. The van der Waals surface area contributed by atoms with Gasteiger partial charge in [-0.15, -0.1) is 0 Å². The van der Waals surface area contributed by atoms with Crippen LogP contribution in [0.5, 0.6) is 11.5 Å². The molecule has 0 spiro atoms. The molecule has 0 amide bonds. The first-order valence-corrected chi connectivity index (χ1v) is 8.42. The van der Waals surface area contributed by atoms with Crippen molar-refractivity contribution in [2.75, 3.05) is 14.2 Å². The first kappa shape index (κ1) is 22.2. The van der Waals surface area contributed by atoms with E-state index in [-0.39, 0.29) is 22.6 Å². The lowest BCUT2D eigenvalue weighted by Crippen LogP contribution is -2.47. The molecule has 10 heteroatoms. The second kappa shape index (κ2) is 9.92. The van der Waals surface area contributed by atoms with E-state index in [4.69, 9.17) is 9.47 Å². The zero-order valence-corrected chi connectivity index (χ0v) is 15.9. The first-order chi connectivity index (χ1) is 14.3. The van der Waals surface area contributed by atoms with E-state index < -0.39 is 36.1 Å². The standard InChI is InChI=1S/C20H18O10/c1-27-19(25)15(29-17(23)11-3-7-13(21)8-4-11)16(20(26)28-2)30-18(24)12-5-9-14(22)10-6-12/h3-10,15-16,21-22H,1-2H3/t15-,16-/m0/s1. The van der Waals surface area contributed by atoms with E-state index in [0.29, 0.717) is 0 Å². The molecule has 2 atom stereocenters. The van der Waals surface area contributed by atoms with Gasteiger partial charge in [0.15, 0.2) is 0 Å². The van der Waals surface area contributed by atoms with Gasteiger partial charge in [-0.2, -0.15) is 0 Å². The molecule has 2 aromatic carbocycles. The van der Waals surface area contributed by atoms with Gasteiger partial charge in [-0.3, -0.25) is 0 Å². The summed E-state index contributed by atoms with van der Waals surface area (Å²) in [5.74, 6) is -4.63. The highest BCUT2D eigenvalue weighted by molar-refractivity contribution is 5.96. The maximum Gasteiger partial charge on any atom is 0.351 e. The van der Waals surface area contributed by atoms with E-state index in [0.717, 1.165) is 14.2 Å². The van der Waals surface area contributed by atoms with E-state index in [1.54, 1.807) is 0 Å². The molecule has 2 rings (SSSR count). The van der Waals surface area contributed by atoms with E-state index in [9.17, 15) is 29.4 Å². The zero-order chi connectivity index (χ0) is 22.3. The molecule has 0 aliphatic carbocycles. The van der Waals surface area contributed by atoms with E-state index >= 15 is 0 Å². The van der Waals surface area contributed by atoms with Gasteiger partial charge >= 0.3 is 23.9 Å². The average Bonchev–Trinajstić information content (AvgIpc) is 2.75. The van der Waals surface area contributed by atoms with Crippen molar-refractivity contribution in [1.29, 1.82) is 0 Å². The summed E-state index contributed by atoms with van der Waals surface area (Å²) < 4.78 is 19.2. The van der Waals surface area contributed by atoms with Crippen LogP contribution < -0.4 is 0 Å². The second-order valence-corrected chi connectivity index (χ2v) is 5.79. The van der Waals surface area contributed by atoms with Crippen molar-refractivity contribution in [1.82, 2.24) is 0 Å². The molecule has 0 unspecified atom stereocenters. The Balaban J connectivity index is 2.30. The molecule has 0 fully saturated rings. The number of carbonyl (C=O) groups excluding carboxylic acids is 4. The number of hydrogen-bond acceptors (Lipinski definition) is 10. The van der Waals surface area contributed by atoms with E-state index in [1.807, 2.05) is 0 Å². The molecule has 2 aromatic rings. The summed E-state index contributed by atoms with van der Waals surface area (Å²) in [6, 6.07) is 9.75. The predicted octanol–water partition coefficient (Wildman–Crippen LogP) is 1.19.